The summed E-state index contributed by atoms with van der Waals surface area (Å²) < 4.78 is 28.4. The third-order valence-electron chi connectivity index (χ3n) is 4.49. The Morgan fingerprint density at radius 1 is 1.43 bits per heavy atom. The molecule has 2 rings (SSSR count). The van der Waals surface area contributed by atoms with Gasteiger partial charge in [0.1, 0.15) is 4.90 Å². The Morgan fingerprint density at radius 2 is 2.05 bits per heavy atom. The summed E-state index contributed by atoms with van der Waals surface area (Å²) in [6.07, 6.45) is 0.760. The molecule has 0 radical (unpaired) electrons. The highest BCUT2D eigenvalue weighted by molar-refractivity contribution is 7.89. The molecule has 0 aromatic carbocycles. The summed E-state index contributed by atoms with van der Waals surface area (Å²) in [5.74, 6) is -0.928. The zero-order valence-corrected chi connectivity index (χ0v) is 13.6. The number of carboxylic acid groups (broad SMARTS) is 1. The summed E-state index contributed by atoms with van der Waals surface area (Å²) in [6, 6.07) is 0. The first-order chi connectivity index (χ1) is 9.65. The van der Waals surface area contributed by atoms with Crippen molar-refractivity contribution in [1.82, 2.24) is 14.1 Å². The highest BCUT2D eigenvalue weighted by atomic mass is 32.2. The number of carbonyl (C=O) groups is 1. The maximum Gasteiger partial charge on any atom is 0.311 e. The number of hydrogen-bond acceptors (Lipinski definition) is 4. The van der Waals surface area contributed by atoms with Gasteiger partial charge in [-0.05, 0) is 26.7 Å². The van der Waals surface area contributed by atoms with Crippen LogP contribution in [0.2, 0.25) is 0 Å². The van der Waals surface area contributed by atoms with Crippen LogP contribution in [0.25, 0.3) is 0 Å². The van der Waals surface area contributed by atoms with Crippen molar-refractivity contribution in [3.63, 3.8) is 0 Å². The predicted molar refractivity (Wildman–Crippen MR) is 76.4 cm³/mol. The fraction of sp³-hybridized carbons (Fsp3) is 0.692. The molecule has 0 spiro atoms. The van der Waals surface area contributed by atoms with Crippen molar-refractivity contribution in [2.24, 2.45) is 12.5 Å². The Balaban J connectivity index is 2.41. The molecule has 7 nitrogen and oxygen atoms in total. The second kappa shape index (κ2) is 5.10. The average Bonchev–Trinajstić information content (AvgIpc) is 2.93. The molecule has 1 unspecified atom stereocenters. The van der Waals surface area contributed by atoms with Crippen LogP contribution in [0.1, 0.15) is 31.2 Å². The Morgan fingerprint density at radius 3 is 2.43 bits per heavy atom. The number of sulfonamides is 1. The lowest BCUT2D eigenvalue weighted by molar-refractivity contribution is -0.148. The number of nitrogens with zero attached hydrogens (tertiary/aromatic N) is 3. The van der Waals surface area contributed by atoms with E-state index in [4.69, 9.17) is 0 Å². The van der Waals surface area contributed by atoms with Crippen LogP contribution in [0.3, 0.4) is 0 Å². The molecule has 2 heterocycles. The molecule has 0 saturated carbocycles. The zero-order chi connectivity index (χ0) is 16.0. The van der Waals surface area contributed by atoms with Crippen LogP contribution in [0, 0.1) is 19.3 Å². The molecule has 1 aliphatic heterocycles. The van der Waals surface area contributed by atoms with Gasteiger partial charge in [-0.15, -0.1) is 0 Å². The predicted octanol–water partition coefficient (Wildman–Crippen LogP) is 0.912. The van der Waals surface area contributed by atoms with E-state index in [0.717, 1.165) is 0 Å². The molecular formula is C13H21N3O4S. The molecule has 0 aliphatic carbocycles. The van der Waals surface area contributed by atoms with Crippen molar-refractivity contribution < 1.29 is 18.3 Å². The molecule has 1 N–H and O–H groups in total. The van der Waals surface area contributed by atoms with Gasteiger partial charge in [0.25, 0.3) is 0 Å². The van der Waals surface area contributed by atoms with Crippen LogP contribution < -0.4 is 0 Å². The fourth-order valence-electron chi connectivity index (χ4n) is 2.91. The van der Waals surface area contributed by atoms with Gasteiger partial charge in [0.15, 0.2) is 0 Å². The van der Waals surface area contributed by atoms with Crippen molar-refractivity contribution in [2.45, 2.75) is 38.5 Å². The van der Waals surface area contributed by atoms with Gasteiger partial charge in [0, 0.05) is 20.1 Å². The highest BCUT2D eigenvalue weighted by Crippen LogP contribution is 2.37. The summed E-state index contributed by atoms with van der Waals surface area (Å²) >= 11 is 0. The van der Waals surface area contributed by atoms with Crippen LogP contribution in [0.4, 0.5) is 0 Å². The van der Waals surface area contributed by atoms with Crippen molar-refractivity contribution in [2.75, 3.05) is 13.1 Å². The number of rotatable bonds is 4. The molecule has 1 aliphatic rings. The molecular weight excluding hydrogens is 294 g/mol. The molecule has 21 heavy (non-hydrogen) atoms. The SMILES string of the molecule is CCC1(C(=O)O)CCN(S(=O)(=O)c2c(C)nn(C)c2C)C1. The number of aliphatic carboxylic acids is 1. The normalized spacial score (nSPS) is 23.6. The highest BCUT2D eigenvalue weighted by Gasteiger charge is 2.47. The molecule has 1 saturated heterocycles. The molecule has 1 atom stereocenters. The minimum Gasteiger partial charge on any atom is -0.481 e. The van der Waals surface area contributed by atoms with Gasteiger partial charge >= 0.3 is 5.97 Å². The molecule has 0 amide bonds. The molecule has 1 aromatic heterocycles. The molecule has 1 aromatic rings. The quantitative estimate of drug-likeness (QED) is 0.891. The van der Waals surface area contributed by atoms with Gasteiger partial charge in [-0.3, -0.25) is 9.48 Å². The average molecular weight is 315 g/mol. The topological polar surface area (TPSA) is 92.5 Å². The smallest absolute Gasteiger partial charge is 0.311 e. The number of aromatic nitrogens is 2. The van der Waals surface area contributed by atoms with E-state index in [0.29, 0.717) is 24.2 Å². The molecule has 0 bridgehead atoms. The van der Waals surface area contributed by atoms with Crippen LogP contribution in [0.5, 0.6) is 0 Å². The van der Waals surface area contributed by atoms with Crippen LogP contribution >= 0.6 is 0 Å². The second-order valence-electron chi connectivity index (χ2n) is 5.65. The maximum atomic E-state index is 12.8. The van der Waals surface area contributed by atoms with E-state index >= 15 is 0 Å². The minimum atomic E-state index is -3.71. The van der Waals surface area contributed by atoms with Gasteiger partial charge in [-0.1, -0.05) is 6.92 Å². The number of hydrogen-bond donors (Lipinski definition) is 1. The van der Waals surface area contributed by atoms with Crippen molar-refractivity contribution in [3.8, 4) is 0 Å². The van der Waals surface area contributed by atoms with Crippen LogP contribution in [-0.4, -0.2) is 46.7 Å². The standard InChI is InChI=1S/C13H21N3O4S/c1-5-13(12(17)18)6-7-16(8-13)21(19,20)11-9(2)14-15(4)10(11)3/h5-8H2,1-4H3,(H,17,18). The Bertz CT molecular complexity index is 680. The van der Waals surface area contributed by atoms with E-state index in [1.165, 1.54) is 8.99 Å². The fourth-order valence-corrected chi connectivity index (χ4v) is 4.84. The molecule has 8 heteroatoms. The van der Waals surface area contributed by atoms with E-state index in [-0.39, 0.29) is 18.0 Å². The monoisotopic (exact) mass is 315 g/mol. The van der Waals surface area contributed by atoms with Gasteiger partial charge in [-0.25, -0.2) is 8.42 Å². The maximum absolute atomic E-state index is 12.8. The van der Waals surface area contributed by atoms with E-state index in [9.17, 15) is 18.3 Å². The van der Waals surface area contributed by atoms with E-state index in [2.05, 4.69) is 5.10 Å². The summed E-state index contributed by atoms with van der Waals surface area (Å²) in [5.41, 5.74) is 0.0352. The molecule has 118 valence electrons. The number of carboxylic acids is 1. The second-order valence-corrected chi connectivity index (χ2v) is 7.53. The van der Waals surface area contributed by atoms with E-state index in [1.807, 2.05) is 0 Å². The summed E-state index contributed by atoms with van der Waals surface area (Å²) in [6.45, 7) is 5.39. The zero-order valence-electron chi connectivity index (χ0n) is 12.8. The van der Waals surface area contributed by atoms with Gasteiger partial charge in [0.05, 0.1) is 16.8 Å². The first kappa shape index (κ1) is 16.0. The summed E-state index contributed by atoms with van der Waals surface area (Å²) in [7, 11) is -2.01. The lowest BCUT2D eigenvalue weighted by atomic mass is 9.85. The van der Waals surface area contributed by atoms with Gasteiger partial charge in [-0.2, -0.15) is 9.40 Å². The Labute approximate surface area is 124 Å². The Hall–Kier alpha value is -1.41. The lowest BCUT2D eigenvalue weighted by Gasteiger charge is -2.23. The van der Waals surface area contributed by atoms with Crippen molar-refractivity contribution in [1.29, 1.82) is 0 Å². The van der Waals surface area contributed by atoms with E-state index in [1.54, 1.807) is 27.8 Å². The van der Waals surface area contributed by atoms with Crippen LogP contribution in [-0.2, 0) is 21.9 Å². The minimum absolute atomic E-state index is 0.0228. The molecule has 1 fully saturated rings. The first-order valence-electron chi connectivity index (χ1n) is 6.89. The third kappa shape index (κ3) is 2.36. The number of aryl methyl sites for hydroxylation is 2. The van der Waals surface area contributed by atoms with Crippen LogP contribution in [0.15, 0.2) is 4.90 Å². The summed E-state index contributed by atoms with van der Waals surface area (Å²) in [5, 5.41) is 13.5. The van der Waals surface area contributed by atoms with Gasteiger partial charge in [0.2, 0.25) is 10.0 Å². The van der Waals surface area contributed by atoms with E-state index < -0.39 is 21.4 Å². The van der Waals surface area contributed by atoms with Gasteiger partial charge < -0.3 is 5.11 Å². The summed E-state index contributed by atoms with van der Waals surface area (Å²) in [4.78, 5) is 11.7. The third-order valence-corrected chi connectivity index (χ3v) is 6.59. The first-order valence-corrected chi connectivity index (χ1v) is 8.33. The largest absolute Gasteiger partial charge is 0.481 e. The Kier molecular flexibility index (Phi) is 3.88. The lowest BCUT2D eigenvalue weighted by Crippen LogP contribution is -2.36. The van der Waals surface area contributed by atoms with Crippen molar-refractivity contribution in [3.05, 3.63) is 11.4 Å². The van der Waals surface area contributed by atoms with Crippen molar-refractivity contribution >= 4 is 16.0 Å².